The number of hydrogen-bond donors (Lipinski definition) is 2. The van der Waals surface area contributed by atoms with E-state index in [9.17, 15) is 9.59 Å². The van der Waals surface area contributed by atoms with Gasteiger partial charge in [-0.2, -0.15) is 0 Å². The molecule has 0 aliphatic carbocycles. The minimum absolute atomic E-state index is 0.0488. The van der Waals surface area contributed by atoms with Crippen LogP contribution in [0.5, 0.6) is 0 Å². The standard InChI is InChI=1S/C13H26N2O3S/c1-4-5-6-8-15-12(16)10(2)19-9-7-11(14)13(17)18-3/h10-11H,4-9,14H2,1-3H3,(H,15,16). The van der Waals surface area contributed by atoms with Crippen LogP contribution in [0.2, 0.25) is 0 Å². The predicted octanol–water partition coefficient (Wildman–Crippen LogP) is 1.30. The molecule has 5 nitrogen and oxygen atoms in total. The molecule has 0 aromatic heterocycles. The minimum Gasteiger partial charge on any atom is -0.468 e. The number of nitrogens with one attached hydrogen (secondary N) is 1. The molecule has 2 atom stereocenters. The van der Waals surface area contributed by atoms with Gasteiger partial charge in [0.1, 0.15) is 6.04 Å². The van der Waals surface area contributed by atoms with Gasteiger partial charge in [-0.15, -0.1) is 11.8 Å². The highest BCUT2D eigenvalue weighted by Crippen LogP contribution is 2.13. The van der Waals surface area contributed by atoms with E-state index in [0.29, 0.717) is 12.2 Å². The van der Waals surface area contributed by atoms with E-state index in [4.69, 9.17) is 5.73 Å². The zero-order chi connectivity index (χ0) is 14.7. The van der Waals surface area contributed by atoms with Crippen molar-refractivity contribution in [2.75, 3.05) is 19.4 Å². The summed E-state index contributed by atoms with van der Waals surface area (Å²) in [6, 6.07) is -0.600. The number of ether oxygens (including phenoxy) is 1. The van der Waals surface area contributed by atoms with Crippen LogP contribution in [-0.4, -0.2) is 42.6 Å². The third-order valence-electron chi connectivity index (χ3n) is 2.75. The van der Waals surface area contributed by atoms with Crippen molar-refractivity contribution in [2.45, 2.75) is 50.8 Å². The quantitative estimate of drug-likeness (QED) is 0.468. The highest BCUT2D eigenvalue weighted by atomic mass is 32.2. The summed E-state index contributed by atoms with van der Waals surface area (Å²) in [6.45, 7) is 4.73. The maximum atomic E-state index is 11.7. The molecule has 0 aromatic rings. The van der Waals surface area contributed by atoms with Gasteiger partial charge in [0.25, 0.3) is 0 Å². The third kappa shape index (κ3) is 8.88. The average molecular weight is 290 g/mol. The van der Waals surface area contributed by atoms with Crippen molar-refractivity contribution in [2.24, 2.45) is 5.73 Å². The number of carbonyl (C=O) groups excluding carboxylic acids is 2. The van der Waals surface area contributed by atoms with Crippen molar-refractivity contribution in [3.05, 3.63) is 0 Å². The van der Waals surface area contributed by atoms with Gasteiger partial charge in [0.2, 0.25) is 5.91 Å². The van der Waals surface area contributed by atoms with Gasteiger partial charge in [-0.25, -0.2) is 0 Å². The summed E-state index contributed by atoms with van der Waals surface area (Å²) < 4.78 is 4.54. The molecule has 0 aliphatic rings. The lowest BCUT2D eigenvalue weighted by Gasteiger charge is -2.13. The van der Waals surface area contributed by atoms with E-state index in [0.717, 1.165) is 25.8 Å². The molecule has 19 heavy (non-hydrogen) atoms. The Labute approximate surface area is 120 Å². The molecule has 112 valence electrons. The van der Waals surface area contributed by atoms with Crippen LogP contribution in [-0.2, 0) is 14.3 Å². The number of thioether (sulfide) groups is 1. The smallest absolute Gasteiger partial charge is 0.322 e. The van der Waals surface area contributed by atoms with E-state index in [1.54, 1.807) is 0 Å². The Kier molecular flexibility index (Phi) is 10.7. The first-order chi connectivity index (χ1) is 9.02. The van der Waals surface area contributed by atoms with Crippen molar-refractivity contribution < 1.29 is 14.3 Å². The van der Waals surface area contributed by atoms with Gasteiger partial charge in [0, 0.05) is 6.54 Å². The first kappa shape index (κ1) is 18.2. The Morgan fingerprint density at radius 3 is 2.63 bits per heavy atom. The molecule has 0 saturated heterocycles. The fourth-order valence-electron chi connectivity index (χ4n) is 1.45. The Bertz CT molecular complexity index is 275. The Morgan fingerprint density at radius 1 is 1.37 bits per heavy atom. The second kappa shape index (κ2) is 11.1. The SMILES string of the molecule is CCCCCNC(=O)C(C)SCCC(N)C(=O)OC. The molecular weight excluding hydrogens is 264 g/mol. The van der Waals surface area contributed by atoms with Gasteiger partial charge in [-0.05, 0) is 25.5 Å². The van der Waals surface area contributed by atoms with Crippen LogP contribution >= 0.6 is 11.8 Å². The zero-order valence-electron chi connectivity index (χ0n) is 12.1. The van der Waals surface area contributed by atoms with Crippen LogP contribution < -0.4 is 11.1 Å². The van der Waals surface area contributed by atoms with Crippen LogP contribution in [0.3, 0.4) is 0 Å². The van der Waals surface area contributed by atoms with Crippen LogP contribution in [0.15, 0.2) is 0 Å². The van der Waals surface area contributed by atoms with E-state index in [1.165, 1.54) is 18.9 Å². The molecule has 0 heterocycles. The van der Waals surface area contributed by atoms with E-state index in [1.807, 2.05) is 6.92 Å². The molecule has 0 aromatic carbocycles. The van der Waals surface area contributed by atoms with Crippen molar-refractivity contribution in [3.8, 4) is 0 Å². The summed E-state index contributed by atoms with van der Waals surface area (Å²) >= 11 is 1.50. The molecule has 2 unspecified atom stereocenters. The van der Waals surface area contributed by atoms with Crippen LogP contribution in [0.1, 0.15) is 39.5 Å². The van der Waals surface area contributed by atoms with Crippen molar-refractivity contribution in [1.29, 1.82) is 0 Å². The number of amides is 1. The van der Waals surface area contributed by atoms with E-state index in [-0.39, 0.29) is 11.2 Å². The summed E-state index contributed by atoms with van der Waals surface area (Å²) in [5, 5.41) is 2.79. The summed E-state index contributed by atoms with van der Waals surface area (Å²) in [6.07, 6.45) is 3.82. The number of esters is 1. The van der Waals surface area contributed by atoms with Gasteiger partial charge in [0.15, 0.2) is 0 Å². The summed E-state index contributed by atoms with van der Waals surface area (Å²) in [5.74, 6) is 0.310. The van der Waals surface area contributed by atoms with Crippen molar-refractivity contribution >= 4 is 23.6 Å². The van der Waals surface area contributed by atoms with Crippen LogP contribution in [0.25, 0.3) is 0 Å². The van der Waals surface area contributed by atoms with E-state index in [2.05, 4.69) is 17.0 Å². The number of unbranched alkanes of at least 4 members (excludes halogenated alkanes) is 2. The Morgan fingerprint density at radius 2 is 2.05 bits per heavy atom. The van der Waals surface area contributed by atoms with Crippen molar-refractivity contribution in [1.82, 2.24) is 5.32 Å². The predicted molar refractivity (Wildman–Crippen MR) is 79.1 cm³/mol. The highest BCUT2D eigenvalue weighted by molar-refractivity contribution is 8.00. The fraction of sp³-hybridized carbons (Fsp3) is 0.846. The largest absolute Gasteiger partial charge is 0.468 e. The Hall–Kier alpha value is -0.750. The van der Waals surface area contributed by atoms with E-state index >= 15 is 0 Å². The van der Waals surface area contributed by atoms with Gasteiger partial charge in [-0.3, -0.25) is 9.59 Å². The molecule has 0 fully saturated rings. The molecule has 0 radical (unpaired) electrons. The monoisotopic (exact) mass is 290 g/mol. The minimum atomic E-state index is -0.600. The highest BCUT2D eigenvalue weighted by Gasteiger charge is 2.16. The molecule has 6 heteroatoms. The molecule has 0 saturated carbocycles. The first-order valence-corrected chi connectivity index (χ1v) is 7.80. The number of methoxy groups -OCH3 is 1. The molecule has 0 aliphatic heterocycles. The number of carbonyl (C=O) groups is 2. The van der Waals surface area contributed by atoms with Gasteiger partial charge >= 0.3 is 5.97 Å². The van der Waals surface area contributed by atoms with Crippen molar-refractivity contribution in [3.63, 3.8) is 0 Å². The number of nitrogens with two attached hydrogens (primary N) is 1. The third-order valence-corrected chi connectivity index (χ3v) is 3.93. The first-order valence-electron chi connectivity index (χ1n) is 6.75. The summed E-state index contributed by atoms with van der Waals surface area (Å²) in [5.41, 5.74) is 5.62. The average Bonchev–Trinajstić information content (AvgIpc) is 2.41. The zero-order valence-corrected chi connectivity index (χ0v) is 12.9. The van der Waals surface area contributed by atoms with Gasteiger partial charge < -0.3 is 15.8 Å². The maximum Gasteiger partial charge on any atom is 0.322 e. The molecular formula is C13H26N2O3S. The Balaban J connectivity index is 3.70. The van der Waals surface area contributed by atoms with Gasteiger partial charge in [0.05, 0.1) is 12.4 Å². The van der Waals surface area contributed by atoms with Crippen LogP contribution in [0.4, 0.5) is 0 Å². The number of hydrogen-bond acceptors (Lipinski definition) is 5. The number of rotatable bonds is 10. The summed E-state index contributed by atoms with van der Waals surface area (Å²) in [7, 11) is 1.32. The van der Waals surface area contributed by atoms with Crippen LogP contribution in [0, 0.1) is 0 Å². The molecule has 0 rings (SSSR count). The topological polar surface area (TPSA) is 81.4 Å². The van der Waals surface area contributed by atoms with E-state index < -0.39 is 12.0 Å². The molecule has 0 spiro atoms. The molecule has 1 amide bonds. The fourth-order valence-corrected chi connectivity index (χ4v) is 2.43. The molecule has 0 bridgehead atoms. The second-order valence-electron chi connectivity index (χ2n) is 4.43. The summed E-state index contributed by atoms with van der Waals surface area (Å²) in [4.78, 5) is 22.8. The maximum absolute atomic E-state index is 11.7. The normalized spacial score (nSPS) is 13.7. The molecule has 3 N–H and O–H groups in total. The second-order valence-corrected chi connectivity index (χ2v) is 5.88. The lowest BCUT2D eigenvalue weighted by Crippen LogP contribution is -2.34. The van der Waals surface area contributed by atoms with Gasteiger partial charge in [-0.1, -0.05) is 19.8 Å². The lowest BCUT2D eigenvalue weighted by atomic mass is 10.2. The lowest BCUT2D eigenvalue weighted by molar-refractivity contribution is -0.142.